The van der Waals surface area contributed by atoms with Gasteiger partial charge in [0.1, 0.15) is 18.1 Å². The Kier molecular flexibility index (Phi) is 7.61. The van der Waals surface area contributed by atoms with Gasteiger partial charge in [-0.15, -0.1) is 0 Å². The molecule has 0 aliphatic carbocycles. The second kappa shape index (κ2) is 10.6. The quantitative estimate of drug-likeness (QED) is 0.566. The van der Waals surface area contributed by atoms with Gasteiger partial charge in [-0.1, -0.05) is 30.3 Å². The van der Waals surface area contributed by atoms with Crippen molar-refractivity contribution in [1.29, 1.82) is 0 Å². The average molecular weight is 392 g/mol. The van der Waals surface area contributed by atoms with Crippen LogP contribution in [0.4, 0.5) is 0 Å². The number of methoxy groups -OCH3 is 1. The van der Waals surface area contributed by atoms with Crippen molar-refractivity contribution in [1.82, 2.24) is 15.2 Å². The van der Waals surface area contributed by atoms with Crippen molar-refractivity contribution in [2.24, 2.45) is 0 Å². The molecule has 0 saturated carbocycles. The molecule has 5 heteroatoms. The molecule has 0 aliphatic rings. The largest absolute Gasteiger partial charge is 0.497 e. The van der Waals surface area contributed by atoms with Crippen LogP contribution in [0.25, 0.3) is 0 Å². The predicted octanol–water partition coefficient (Wildman–Crippen LogP) is 4.02. The van der Waals surface area contributed by atoms with Gasteiger partial charge in [-0.05, 0) is 55.6 Å². The zero-order valence-electron chi connectivity index (χ0n) is 17.4. The first kappa shape index (κ1) is 20.8. The molecule has 0 radical (unpaired) electrons. The van der Waals surface area contributed by atoms with Crippen molar-refractivity contribution in [2.75, 3.05) is 21.2 Å². The molecule has 3 rings (SSSR count). The molecule has 0 unspecified atom stereocenters. The van der Waals surface area contributed by atoms with Crippen molar-refractivity contribution in [3.63, 3.8) is 0 Å². The minimum Gasteiger partial charge on any atom is -0.497 e. The zero-order valence-corrected chi connectivity index (χ0v) is 17.4. The summed E-state index contributed by atoms with van der Waals surface area (Å²) >= 11 is 0. The fourth-order valence-corrected chi connectivity index (χ4v) is 3.14. The highest BCUT2D eigenvalue weighted by Gasteiger charge is 2.07. The van der Waals surface area contributed by atoms with Gasteiger partial charge >= 0.3 is 0 Å². The van der Waals surface area contributed by atoms with Crippen LogP contribution in [-0.4, -0.2) is 31.1 Å². The molecule has 0 bridgehead atoms. The maximum atomic E-state index is 6.02. The summed E-state index contributed by atoms with van der Waals surface area (Å²) in [6.07, 6.45) is 1.78. The van der Waals surface area contributed by atoms with Gasteiger partial charge in [0.25, 0.3) is 0 Å². The number of hydrogen-bond donors (Lipinski definition) is 1. The molecule has 1 aromatic heterocycles. The number of hydrogen-bond acceptors (Lipinski definition) is 5. The number of aromatic nitrogens is 1. The molecule has 0 fully saturated rings. The van der Waals surface area contributed by atoms with Crippen molar-refractivity contribution in [3.05, 3.63) is 89.2 Å². The lowest BCUT2D eigenvalue weighted by molar-refractivity contribution is 0.296. The third-order valence-corrected chi connectivity index (χ3v) is 4.50. The van der Waals surface area contributed by atoms with Gasteiger partial charge in [0.2, 0.25) is 0 Å². The minimum atomic E-state index is 0.437. The monoisotopic (exact) mass is 391 g/mol. The Morgan fingerprint density at radius 1 is 0.931 bits per heavy atom. The Balaban J connectivity index is 1.63. The molecule has 0 saturated heterocycles. The Morgan fingerprint density at radius 3 is 2.55 bits per heavy atom. The van der Waals surface area contributed by atoms with E-state index in [-0.39, 0.29) is 0 Å². The second-order valence-electron chi connectivity index (χ2n) is 7.24. The zero-order chi connectivity index (χ0) is 20.5. The molecule has 1 N–H and O–H groups in total. The van der Waals surface area contributed by atoms with Crippen molar-refractivity contribution in [3.8, 4) is 11.5 Å². The van der Waals surface area contributed by atoms with E-state index < -0.39 is 0 Å². The Bertz CT molecular complexity index is 898. The number of ether oxygens (including phenoxy) is 2. The van der Waals surface area contributed by atoms with Crippen LogP contribution in [0.3, 0.4) is 0 Å². The summed E-state index contributed by atoms with van der Waals surface area (Å²) in [5.74, 6) is 1.66. The Hall–Kier alpha value is -2.89. The summed E-state index contributed by atoms with van der Waals surface area (Å²) in [6, 6.07) is 20.4. The summed E-state index contributed by atoms with van der Waals surface area (Å²) in [7, 11) is 5.84. The Labute approximate surface area is 173 Å². The number of nitrogens with one attached hydrogen (secondary N) is 1. The van der Waals surface area contributed by atoms with E-state index in [1.54, 1.807) is 13.3 Å². The lowest BCUT2D eigenvalue weighted by Gasteiger charge is -2.14. The fraction of sp³-hybridized carbons (Fsp3) is 0.292. The molecular formula is C24H29N3O2. The van der Waals surface area contributed by atoms with Gasteiger partial charge < -0.3 is 19.7 Å². The van der Waals surface area contributed by atoms with Crippen molar-refractivity contribution >= 4 is 0 Å². The summed E-state index contributed by atoms with van der Waals surface area (Å²) in [6.45, 7) is 2.85. The third kappa shape index (κ3) is 6.59. The van der Waals surface area contributed by atoms with Crippen LogP contribution in [-0.2, 0) is 26.2 Å². The highest BCUT2D eigenvalue weighted by molar-refractivity contribution is 5.40. The predicted molar refractivity (Wildman–Crippen MR) is 116 cm³/mol. The van der Waals surface area contributed by atoms with Crippen LogP contribution >= 0.6 is 0 Å². The third-order valence-electron chi connectivity index (χ3n) is 4.50. The van der Waals surface area contributed by atoms with E-state index >= 15 is 0 Å². The van der Waals surface area contributed by atoms with Crippen LogP contribution in [0.2, 0.25) is 0 Å². The lowest BCUT2D eigenvalue weighted by atomic mass is 10.1. The molecule has 1 heterocycles. The van der Waals surface area contributed by atoms with Gasteiger partial charge in [-0.3, -0.25) is 4.98 Å². The highest BCUT2D eigenvalue weighted by Crippen LogP contribution is 2.25. The van der Waals surface area contributed by atoms with Crippen LogP contribution in [0.5, 0.6) is 11.5 Å². The van der Waals surface area contributed by atoms with Crippen LogP contribution in [0, 0.1) is 0 Å². The standard InChI is InChI=1S/C24H29N3O2/c1-27(2)17-20-8-6-7-19(13-20)15-25-16-21-14-23(28-3)10-11-24(21)29-18-22-9-4-5-12-26-22/h4-14,25H,15-18H2,1-3H3. The van der Waals surface area contributed by atoms with Gasteiger partial charge in [-0.25, -0.2) is 0 Å². The van der Waals surface area contributed by atoms with Gasteiger partial charge in [-0.2, -0.15) is 0 Å². The summed E-state index contributed by atoms with van der Waals surface area (Å²) in [4.78, 5) is 6.49. The molecule has 0 spiro atoms. The summed E-state index contributed by atoms with van der Waals surface area (Å²) in [5.41, 5.74) is 4.54. The van der Waals surface area contributed by atoms with Crippen molar-refractivity contribution < 1.29 is 9.47 Å². The van der Waals surface area contributed by atoms with Gasteiger partial charge in [0.15, 0.2) is 0 Å². The molecule has 2 aromatic carbocycles. The number of nitrogens with zero attached hydrogens (tertiary/aromatic N) is 2. The molecule has 152 valence electrons. The minimum absolute atomic E-state index is 0.437. The molecule has 0 atom stereocenters. The maximum absolute atomic E-state index is 6.02. The van der Waals surface area contributed by atoms with E-state index in [9.17, 15) is 0 Å². The van der Waals surface area contributed by atoms with Crippen molar-refractivity contribution in [2.45, 2.75) is 26.2 Å². The topological polar surface area (TPSA) is 46.6 Å². The first-order valence-electron chi connectivity index (χ1n) is 9.77. The lowest BCUT2D eigenvalue weighted by Crippen LogP contribution is -2.15. The number of rotatable bonds is 10. The maximum Gasteiger partial charge on any atom is 0.130 e. The van der Waals surface area contributed by atoms with Gasteiger partial charge in [0.05, 0.1) is 12.8 Å². The van der Waals surface area contributed by atoms with Crippen LogP contribution in [0.1, 0.15) is 22.4 Å². The molecule has 29 heavy (non-hydrogen) atoms. The van der Waals surface area contributed by atoms with E-state index in [0.717, 1.165) is 35.8 Å². The van der Waals surface area contributed by atoms with E-state index in [4.69, 9.17) is 9.47 Å². The summed E-state index contributed by atoms with van der Waals surface area (Å²) < 4.78 is 11.4. The molecule has 0 amide bonds. The van der Waals surface area contributed by atoms with Gasteiger partial charge in [0, 0.05) is 31.4 Å². The van der Waals surface area contributed by atoms with Crippen LogP contribution < -0.4 is 14.8 Å². The normalized spacial score (nSPS) is 10.9. The molecular weight excluding hydrogens is 362 g/mol. The molecule has 5 nitrogen and oxygen atoms in total. The number of benzene rings is 2. The van der Waals surface area contributed by atoms with Crippen LogP contribution in [0.15, 0.2) is 66.9 Å². The van der Waals surface area contributed by atoms with E-state index in [0.29, 0.717) is 13.2 Å². The average Bonchev–Trinajstić information content (AvgIpc) is 2.73. The SMILES string of the molecule is COc1ccc(OCc2ccccn2)c(CNCc2cccc(CN(C)C)c2)c1. The molecule has 3 aromatic rings. The number of pyridine rings is 1. The van der Waals surface area contributed by atoms with E-state index in [2.05, 4.69) is 53.6 Å². The first-order chi connectivity index (χ1) is 14.1. The first-order valence-corrected chi connectivity index (χ1v) is 9.77. The molecule has 0 aliphatic heterocycles. The van der Waals surface area contributed by atoms with E-state index in [1.807, 2.05) is 36.4 Å². The summed E-state index contributed by atoms with van der Waals surface area (Å²) in [5, 5.41) is 3.52. The second-order valence-corrected chi connectivity index (χ2v) is 7.24. The smallest absolute Gasteiger partial charge is 0.130 e. The highest BCUT2D eigenvalue weighted by atomic mass is 16.5. The van der Waals surface area contributed by atoms with E-state index in [1.165, 1.54) is 11.1 Å². The Morgan fingerprint density at radius 2 is 1.79 bits per heavy atom. The fourth-order valence-electron chi connectivity index (χ4n) is 3.14.